The number of anilines is 1. The molecule has 0 radical (unpaired) electrons. The molecular weight excluding hydrogens is 224 g/mol. The van der Waals surface area contributed by atoms with Crippen molar-refractivity contribution in [3.63, 3.8) is 0 Å². The van der Waals surface area contributed by atoms with E-state index in [-0.39, 0.29) is 6.03 Å². The molecule has 1 aromatic rings. The molecule has 3 nitrogen and oxygen atoms in total. The first-order chi connectivity index (χ1) is 8.66. The SMILES string of the molecule is C[C@H]1[C@H](C)CCC[C@@H]1NC(=O)Nc1ccccc1. The van der Waals surface area contributed by atoms with Crippen LogP contribution in [0.5, 0.6) is 0 Å². The molecule has 0 aliphatic heterocycles. The van der Waals surface area contributed by atoms with Crippen LogP contribution in [-0.2, 0) is 0 Å². The van der Waals surface area contributed by atoms with Crippen molar-refractivity contribution < 1.29 is 4.79 Å². The zero-order chi connectivity index (χ0) is 13.0. The number of hydrogen-bond donors (Lipinski definition) is 2. The maximum atomic E-state index is 11.9. The van der Waals surface area contributed by atoms with E-state index in [0.29, 0.717) is 17.9 Å². The molecule has 0 spiro atoms. The van der Waals surface area contributed by atoms with E-state index in [4.69, 9.17) is 0 Å². The first-order valence-corrected chi connectivity index (χ1v) is 6.79. The third-order valence-electron chi connectivity index (χ3n) is 4.05. The lowest BCUT2D eigenvalue weighted by atomic mass is 9.78. The molecule has 98 valence electrons. The number of nitrogens with one attached hydrogen (secondary N) is 2. The highest BCUT2D eigenvalue weighted by atomic mass is 16.2. The highest BCUT2D eigenvalue weighted by molar-refractivity contribution is 5.89. The average Bonchev–Trinajstić information content (AvgIpc) is 2.36. The third-order valence-corrected chi connectivity index (χ3v) is 4.05. The summed E-state index contributed by atoms with van der Waals surface area (Å²) in [5.74, 6) is 1.25. The van der Waals surface area contributed by atoms with Crippen LogP contribution in [0, 0.1) is 11.8 Å². The number of carbonyl (C=O) groups excluding carboxylic acids is 1. The summed E-state index contributed by atoms with van der Waals surface area (Å²) in [6.45, 7) is 4.50. The zero-order valence-corrected chi connectivity index (χ0v) is 11.1. The van der Waals surface area contributed by atoms with Crippen molar-refractivity contribution in [3.8, 4) is 0 Å². The van der Waals surface area contributed by atoms with Gasteiger partial charge in [-0.05, 0) is 30.4 Å². The van der Waals surface area contributed by atoms with E-state index in [1.54, 1.807) is 0 Å². The van der Waals surface area contributed by atoms with Gasteiger partial charge in [0.1, 0.15) is 0 Å². The van der Waals surface area contributed by atoms with Gasteiger partial charge in [0.2, 0.25) is 0 Å². The zero-order valence-electron chi connectivity index (χ0n) is 11.1. The Morgan fingerprint density at radius 1 is 1.17 bits per heavy atom. The van der Waals surface area contributed by atoms with Crippen LogP contribution in [0.4, 0.5) is 10.5 Å². The number of urea groups is 1. The molecule has 2 N–H and O–H groups in total. The van der Waals surface area contributed by atoms with Crippen molar-refractivity contribution in [2.45, 2.75) is 39.2 Å². The Bertz CT molecular complexity index is 391. The van der Waals surface area contributed by atoms with E-state index >= 15 is 0 Å². The number of para-hydroxylation sites is 1. The molecule has 0 aromatic heterocycles. The highest BCUT2D eigenvalue weighted by Gasteiger charge is 2.27. The lowest BCUT2D eigenvalue weighted by molar-refractivity contribution is 0.201. The fraction of sp³-hybridized carbons (Fsp3) is 0.533. The fourth-order valence-corrected chi connectivity index (χ4v) is 2.64. The lowest BCUT2D eigenvalue weighted by Gasteiger charge is -2.34. The van der Waals surface area contributed by atoms with Gasteiger partial charge in [-0.15, -0.1) is 0 Å². The Kier molecular flexibility index (Phi) is 4.24. The van der Waals surface area contributed by atoms with Crippen molar-refractivity contribution in [2.75, 3.05) is 5.32 Å². The van der Waals surface area contributed by atoms with Crippen LogP contribution in [0.1, 0.15) is 33.1 Å². The Morgan fingerprint density at radius 3 is 2.61 bits per heavy atom. The van der Waals surface area contributed by atoms with Crippen molar-refractivity contribution in [2.24, 2.45) is 11.8 Å². The van der Waals surface area contributed by atoms with E-state index in [1.165, 1.54) is 12.8 Å². The molecule has 0 heterocycles. The second-order valence-corrected chi connectivity index (χ2v) is 5.34. The second-order valence-electron chi connectivity index (χ2n) is 5.34. The van der Waals surface area contributed by atoms with E-state index < -0.39 is 0 Å². The van der Waals surface area contributed by atoms with Crippen LogP contribution in [0.15, 0.2) is 30.3 Å². The van der Waals surface area contributed by atoms with Gasteiger partial charge in [0.05, 0.1) is 0 Å². The summed E-state index contributed by atoms with van der Waals surface area (Å²) in [5, 5.41) is 5.97. The summed E-state index contributed by atoms with van der Waals surface area (Å²) in [7, 11) is 0. The summed E-state index contributed by atoms with van der Waals surface area (Å²) >= 11 is 0. The van der Waals surface area contributed by atoms with Gasteiger partial charge < -0.3 is 10.6 Å². The molecule has 3 heteroatoms. The minimum atomic E-state index is -0.0906. The first kappa shape index (κ1) is 12.9. The Balaban J connectivity index is 1.87. The summed E-state index contributed by atoms with van der Waals surface area (Å²) in [4.78, 5) is 11.9. The van der Waals surface area contributed by atoms with E-state index in [1.807, 2.05) is 30.3 Å². The quantitative estimate of drug-likeness (QED) is 0.822. The predicted octanol–water partition coefficient (Wildman–Crippen LogP) is 3.63. The largest absolute Gasteiger partial charge is 0.335 e. The van der Waals surface area contributed by atoms with Crippen LogP contribution in [-0.4, -0.2) is 12.1 Å². The molecule has 1 aliphatic rings. The van der Waals surface area contributed by atoms with Crippen molar-refractivity contribution in [1.29, 1.82) is 0 Å². The van der Waals surface area contributed by atoms with Gasteiger partial charge >= 0.3 is 6.03 Å². The molecule has 1 aromatic carbocycles. The fourth-order valence-electron chi connectivity index (χ4n) is 2.64. The van der Waals surface area contributed by atoms with Crippen molar-refractivity contribution in [1.82, 2.24) is 5.32 Å². The summed E-state index contributed by atoms with van der Waals surface area (Å²) < 4.78 is 0. The van der Waals surface area contributed by atoms with Gasteiger partial charge in [-0.2, -0.15) is 0 Å². The maximum absolute atomic E-state index is 11.9. The monoisotopic (exact) mass is 246 g/mol. The topological polar surface area (TPSA) is 41.1 Å². The summed E-state index contributed by atoms with van der Waals surface area (Å²) in [5.41, 5.74) is 0.839. The normalized spacial score (nSPS) is 27.6. The van der Waals surface area contributed by atoms with E-state index in [0.717, 1.165) is 12.1 Å². The number of rotatable bonds is 2. The first-order valence-electron chi connectivity index (χ1n) is 6.79. The standard InChI is InChI=1S/C15H22N2O/c1-11-7-6-10-14(12(11)2)17-15(18)16-13-8-4-3-5-9-13/h3-5,8-9,11-12,14H,6-7,10H2,1-2H3,(H2,16,17,18)/t11-,12+,14+/m1/s1. The van der Waals surface area contributed by atoms with Gasteiger partial charge in [0.25, 0.3) is 0 Å². The van der Waals surface area contributed by atoms with E-state index in [2.05, 4.69) is 24.5 Å². The molecule has 3 atom stereocenters. The molecule has 1 saturated carbocycles. The number of hydrogen-bond acceptors (Lipinski definition) is 1. The Hall–Kier alpha value is -1.51. The Labute approximate surface area is 109 Å². The number of benzene rings is 1. The highest BCUT2D eigenvalue weighted by Crippen LogP contribution is 2.29. The third kappa shape index (κ3) is 3.25. The van der Waals surface area contributed by atoms with Crippen LogP contribution in [0.3, 0.4) is 0 Å². The number of carbonyl (C=O) groups is 1. The molecule has 2 amide bonds. The smallest absolute Gasteiger partial charge is 0.319 e. The van der Waals surface area contributed by atoms with E-state index in [9.17, 15) is 4.79 Å². The van der Waals surface area contributed by atoms with Gasteiger partial charge in [0.15, 0.2) is 0 Å². The summed E-state index contributed by atoms with van der Waals surface area (Å²) in [6, 6.07) is 9.78. The van der Waals surface area contributed by atoms with Crippen LogP contribution in [0.25, 0.3) is 0 Å². The molecular formula is C15H22N2O. The van der Waals surface area contributed by atoms with Gasteiger partial charge in [-0.25, -0.2) is 4.79 Å². The van der Waals surface area contributed by atoms with Crippen molar-refractivity contribution in [3.05, 3.63) is 30.3 Å². The molecule has 0 saturated heterocycles. The van der Waals surface area contributed by atoms with Gasteiger partial charge in [-0.3, -0.25) is 0 Å². The van der Waals surface area contributed by atoms with Gasteiger partial charge in [-0.1, -0.05) is 44.9 Å². The average molecular weight is 246 g/mol. The lowest BCUT2D eigenvalue weighted by Crippen LogP contribution is -2.45. The molecule has 1 aliphatic carbocycles. The molecule has 0 bridgehead atoms. The predicted molar refractivity (Wildman–Crippen MR) is 74.6 cm³/mol. The molecule has 18 heavy (non-hydrogen) atoms. The minimum Gasteiger partial charge on any atom is -0.335 e. The molecule has 1 fully saturated rings. The minimum absolute atomic E-state index is 0.0906. The van der Waals surface area contributed by atoms with Crippen LogP contribution in [0.2, 0.25) is 0 Å². The summed E-state index contributed by atoms with van der Waals surface area (Å²) in [6.07, 6.45) is 3.58. The van der Waals surface area contributed by atoms with Crippen LogP contribution < -0.4 is 10.6 Å². The van der Waals surface area contributed by atoms with Gasteiger partial charge in [0, 0.05) is 11.7 Å². The Morgan fingerprint density at radius 2 is 1.89 bits per heavy atom. The maximum Gasteiger partial charge on any atom is 0.319 e. The number of amides is 2. The van der Waals surface area contributed by atoms with Crippen LogP contribution >= 0.6 is 0 Å². The molecule has 2 rings (SSSR count). The second kappa shape index (κ2) is 5.89. The van der Waals surface area contributed by atoms with Crippen molar-refractivity contribution >= 4 is 11.7 Å². The molecule has 0 unspecified atom stereocenters.